The number of piperidine rings is 1. The van der Waals surface area contributed by atoms with E-state index in [9.17, 15) is 4.79 Å². The zero-order valence-electron chi connectivity index (χ0n) is 15.8. The molecule has 1 spiro atoms. The molecule has 142 valence electrons. The molecule has 3 saturated heterocycles. The highest BCUT2D eigenvalue weighted by molar-refractivity contribution is 5.79. The Kier molecular flexibility index (Phi) is 5.30. The van der Waals surface area contributed by atoms with Gasteiger partial charge in [-0.05, 0) is 31.7 Å². The number of likely N-dealkylation sites (tertiary alicyclic amines) is 1. The summed E-state index contributed by atoms with van der Waals surface area (Å²) >= 11 is 0. The fraction of sp³-hybridized carbons (Fsp3) is 0.667. The van der Waals surface area contributed by atoms with Crippen molar-refractivity contribution < 1.29 is 14.3 Å². The van der Waals surface area contributed by atoms with Crippen molar-refractivity contribution in [2.45, 2.75) is 38.3 Å². The molecule has 1 aromatic carbocycles. The molecule has 3 aliphatic heterocycles. The van der Waals surface area contributed by atoms with Gasteiger partial charge in [-0.25, -0.2) is 0 Å². The molecular weight excluding hydrogens is 328 g/mol. The number of carbonyl (C=O) groups is 1. The average molecular weight is 358 g/mol. The van der Waals surface area contributed by atoms with Gasteiger partial charge in [-0.3, -0.25) is 9.69 Å². The van der Waals surface area contributed by atoms with E-state index in [0.717, 1.165) is 65.2 Å². The molecule has 5 heteroatoms. The minimum Gasteiger partial charge on any atom is -0.381 e. The molecule has 0 aromatic heterocycles. The summed E-state index contributed by atoms with van der Waals surface area (Å²) in [6, 6.07) is 8.82. The Balaban J connectivity index is 1.32. The molecule has 4 rings (SSSR count). The number of carbonyl (C=O) groups excluding carboxylic acids is 1. The number of nitrogens with zero attached hydrogens (tertiary/aromatic N) is 2. The Hall–Kier alpha value is -1.43. The van der Waals surface area contributed by atoms with Crippen LogP contribution >= 0.6 is 0 Å². The van der Waals surface area contributed by atoms with Gasteiger partial charge in [0.15, 0.2) is 0 Å². The van der Waals surface area contributed by atoms with E-state index in [1.54, 1.807) is 0 Å². The number of hydrogen-bond acceptors (Lipinski definition) is 4. The van der Waals surface area contributed by atoms with Crippen LogP contribution in [-0.4, -0.2) is 67.3 Å². The Morgan fingerprint density at radius 1 is 1.15 bits per heavy atom. The van der Waals surface area contributed by atoms with E-state index in [1.165, 1.54) is 11.1 Å². The fourth-order valence-electron chi connectivity index (χ4n) is 4.43. The summed E-state index contributed by atoms with van der Waals surface area (Å²) in [5.74, 6) is 0.360. The summed E-state index contributed by atoms with van der Waals surface area (Å²) in [6.07, 6.45) is 2.76. The third-order valence-corrected chi connectivity index (χ3v) is 6.12. The van der Waals surface area contributed by atoms with Crippen LogP contribution in [0.2, 0.25) is 0 Å². The van der Waals surface area contributed by atoms with Gasteiger partial charge in [0, 0.05) is 39.3 Å². The van der Waals surface area contributed by atoms with Crippen molar-refractivity contribution in [1.82, 2.24) is 9.80 Å². The van der Waals surface area contributed by atoms with E-state index in [1.807, 2.05) is 4.90 Å². The summed E-state index contributed by atoms with van der Waals surface area (Å²) in [4.78, 5) is 17.1. The summed E-state index contributed by atoms with van der Waals surface area (Å²) in [5, 5.41) is 0. The van der Waals surface area contributed by atoms with E-state index < -0.39 is 0 Å². The minimum absolute atomic E-state index is 0.0775. The number of aryl methyl sites for hydroxylation is 1. The predicted molar refractivity (Wildman–Crippen MR) is 99.9 cm³/mol. The van der Waals surface area contributed by atoms with Gasteiger partial charge in [0.1, 0.15) is 0 Å². The first-order valence-electron chi connectivity index (χ1n) is 9.92. The van der Waals surface area contributed by atoms with Gasteiger partial charge in [-0.2, -0.15) is 0 Å². The predicted octanol–water partition coefficient (Wildman–Crippen LogP) is 2.22. The van der Waals surface area contributed by atoms with E-state index >= 15 is 0 Å². The Bertz CT molecular complexity index is 617. The average Bonchev–Trinajstić information content (AvgIpc) is 3.19. The maximum atomic E-state index is 12.6. The van der Waals surface area contributed by atoms with E-state index in [0.29, 0.717) is 6.61 Å². The van der Waals surface area contributed by atoms with Crippen LogP contribution in [0.5, 0.6) is 0 Å². The van der Waals surface area contributed by atoms with Gasteiger partial charge in [0.05, 0.1) is 24.7 Å². The maximum absolute atomic E-state index is 12.6. The van der Waals surface area contributed by atoms with Crippen molar-refractivity contribution in [3.63, 3.8) is 0 Å². The molecule has 3 aliphatic rings. The lowest BCUT2D eigenvalue weighted by molar-refractivity contribution is -0.153. The molecule has 3 fully saturated rings. The van der Waals surface area contributed by atoms with Gasteiger partial charge in [0.25, 0.3) is 0 Å². The molecule has 1 amide bonds. The smallest absolute Gasteiger partial charge is 0.228 e. The van der Waals surface area contributed by atoms with Crippen LogP contribution in [0.3, 0.4) is 0 Å². The topological polar surface area (TPSA) is 42.0 Å². The second-order valence-electron chi connectivity index (χ2n) is 8.11. The van der Waals surface area contributed by atoms with Crippen LogP contribution < -0.4 is 0 Å². The number of rotatable bonds is 3. The largest absolute Gasteiger partial charge is 0.381 e. The molecule has 0 radical (unpaired) electrons. The number of ether oxygens (including phenoxy) is 2. The van der Waals surface area contributed by atoms with Crippen LogP contribution in [0, 0.1) is 12.8 Å². The maximum Gasteiger partial charge on any atom is 0.228 e. The van der Waals surface area contributed by atoms with Crippen molar-refractivity contribution in [3.8, 4) is 0 Å². The lowest BCUT2D eigenvalue weighted by Crippen LogP contribution is -2.57. The SMILES string of the molecule is Cc1ccc(CN2CCOC3(CCN(C(=O)C4CCOC4)CC3)C2)cc1. The molecule has 1 atom stereocenters. The standard InChI is InChI=1S/C21H30N2O3/c1-17-2-4-18(5-3-17)14-22-11-13-26-21(16-22)7-9-23(10-8-21)20(24)19-6-12-25-15-19/h2-5,19H,6-16H2,1H3. The van der Waals surface area contributed by atoms with E-state index in [4.69, 9.17) is 9.47 Å². The van der Waals surface area contributed by atoms with Crippen molar-refractivity contribution in [2.24, 2.45) is 5.92 Å². The third-order valence-electron chi connectivity index (χ3n) is 6.12. The molecule has 0 saturated carbocycles. The fourth-order valence-corrected chi connectivity index (χ4v) is 4.43. The lowest BCUT2D eigenvalue weighted by Gasteiger charge is -2.47. The second kappa shape index (κ2) is 7.67. The molecule has 0 bridgehead atoms. The highest BCUT2D eigenvalue weighted by atomic mass is 16.5. The molecule has 0 N–H and O–H groups in total. The number of benzene rings is 1. The van der Waals surface area contributed by atoms with Gasteiger partial charge in [-0.15, -0.1) is 0 Å². The van der Waals surface area contributed by atoms with Crippen LogP contribution in [0.25, 0.3) is 0 Å². The highest BCUT2D eigenvalue weighted by Gasteiger charge is 2.41. The number of hydrogen-bond donors (Lipinski definition) is 0. The van der Waals surface area contributed by atoms with E-state index in [2.05, 4.69) is 36.1 Å². The minimum atomic E-state index is -0.0775. The summed E-state index contributed by atoms with van der Waals surface area (Å²) in [7, 11) is 0. The normalized spacial score (nSPS) is 26.3. The molecule has 1 unspecified atom stereocenters. The zero-order chi connectivity index (χ0) is 18.0. The van der Waals surface area contributed by atoms with Gasteiger partial charge < -0.3 is 14.4 Å². The molecule has 0 aliphatic carbocycles. The van der Waals surface area contributed by atoms with Gasteiger partial charge >= 0.3 is 0 Å². The number of morpholine rings is 1. The summed E-state index contributed by atoms with van der Waals surface area (Å²) in [6.45, 7) is 8.80. The van der Waals surface area contributed by atoms with Crippen molar-refractivity contribution in [3.05, 3.63) is 35.4 Å². The van der Waals surface area contributed by atoms with Crippen molar-refractivity contribution >= 4 is 5.91 Å². The number of amides is 1. The van der Waals surface area contributed by atoms with Gasteiger partial charge in [0.2, 0.25) is 5.91 Å². The monoisotopic (exact) mass is 358 g/mol. The third kappa shape index (κ3) is 3.95. The highest BCUT2D eigenvalue weighted by Crippen LogP contribution is 2.32. The quantitative estimate of drug-likeness (QED) is 0.831. The van der Waals surface area contributed by atoms with Crippen molar-refractivity contribution in [1.29, 1.82) is 0 Å². The first-order chi connectivity index (χ1) is 12.6. The second-order valence-corrected chi connectivity index (χ2v) is 8.11. The Labute approximate surface area is 156 Å². The lowest BCUT2D eigenvalue weighted by atomic mass is 9.88. The van der Waals surface area contributed by atoms with Crippen molar-refractivity contribution in [2.75, 3.05) is 46.0 Å². The molecule has 5 nitrogen and oxygen atoms in total. The van der Waals surface area contributed by atoms with Crippen LogP contribution in [0.4, 0.5) is 0 Å². The zero-order valence-corrected chi connectivity index (χ0v) is 15.8. The van der Waals surface area contributed by atoms with Crippen LogP contribution in [0.15, 0.2) is 24.3 Å². The molecule has 3 heterocycles. The first-order valence-corrected chi connectivity index (χ1v) is 9.92. The summed E-state index contributed by atoms with van der Waals surface area (Å²) < 4.78 is 11.6. The van der Waals surface area contributed by atoms with Crippen LogP contribution in [-0.2, 0) is 20.8 Å². The first kappa shape index (κ1) is 18.0. The van der Waals surface area contributed by atoms with Crippen LogP contribution in [0.1, 0.15) is 30.4 Å². The molecule has 1 aromatic rings. The summed E-state index contributed by atoms with van der Waals surface area (Å²) in [5.41, 5.74) is 2.59. The van der Waals surface area contributed by atoms with Gasteiger partial charge in [-0.1, -0.05) is 29.8 Å². The Morgan fingerprint density at radius 2 is 1.92 bits per heavy atom. The molecular formula is C21H30N2O3. The Morgan fingerprint density at radius 3 is 2.62 bits per heavy atom. The van der Waals surface area contributed by atoms with E-state index in [-0.39, 0.29) is 17.4 Å². The molecule has 26 heavy (non-hydrogen) atoms.